The fraction of sp³-hybridized carbons (Fsp3) is 0.375. The molecule has 0 atom stereocenters. The largest absolute Gasteiger partial charge is 0.493 e. The second kappa shape index (κ2) is 7.43. The van der Waals surface area contributed by atoms with Crippen LogP contribution in [0.5, 0.6) is 11.5 Å². The number of ether oxygens (including phenoxy) is 2. The van der Waals surface area contributed by atoms with Crippen LogP contribution in [0.2, 0.25) is 0 Å². The monoisotopic (exact) mass is 336 g/mol. The van der Waals surface area contributed by atoms with Crippen LogP contribution in [0.3, 0.4) is 0 Å². The minimum atomic E-state index is -0.957. The first kappa shape index (κ1) is 17.2. The van der Waals surface area contributed by atoms with Crippen molar-refractivity contribution in [3.63, 3.8) is 0 Å². The van der Waals surface area contributed by atoms with E-state index in [0.717, 1.165) is 23.4 Å². The van der Waals surface area contributed by atoms with E-state index in [0.29, 0.717) is 28.8 Å². The SMILES string of the molecule is COc1cc(-c2nc(C)c(C(=O)O)s2)ccc1OCCN(C)C. The number of nitrogens with zero attached hydrogens (tertiary/aromatic N) is 2. The molecule has 1 aromatic heterocycles. The van der Waals surface area contributed by atoms with Gasteiger partial charge in [-0.1, -0.05) is 0 Å². The number of benzene rings is 1. The summed E-state index contributed by atoms with van der Waals surface area (Å²) >= 11 is 1.15. The van der Waals surface area contributed by atoms with Gasteiger partial charge in [0.15, 0.2) is 11.5 Å². The lowest BCUT2D eigenvalue weighted by atomic mass is 10.2. The predicted molar refractivity (Wildman–Crippen MR) is 89.8 cm³/mol. The van der Waals surface area contributed by atoms with Crippen LogP contribution in [0.25, 0.3) is 10.6 Å². The van der Waals surface area contributed by atoms with E-state index in [4.69, 9.17) is 14.6 Å². The number of rotatable bonds is 7. The number of carbonyl (C=O) groups is 1. The van der Waals surface area contributed by atoms with E-state index in [9.17, 15) is 4.79 Å². The standard InChI is InChI=1S/C16H20N2O4S/c1-10-14(16(19)20)23-15(17-10)11-5-6-12(13(9-11)21-4)22-8-7-18(2)3/h5-6,9H,7-8H2,1-4H3,(H,19,20). The van der Waals surface area contributed by atoms with Gasteiger partial charge in [0.25, 0.3) is 0 Å². The van der Waals surface area contributed by atoms with Crippen LogP contribution in [0.4, 0.5) is 0 Å². The summed E-state index contributed by atoms with van der Waals surface area (Å²) in [5.74, 6) is 0.303. The van der Waals surface area contributed by atoms with Gasteiger partial charge in [-0.25, -0.2) is 9.78 Å². The average molecular weight is 336 g/mol. The summed E-state index contributed by atoms with van der Waals surface area (Å²) in [6.07, 6.45) is 0. The molecule has 0 radical (unpaired) electrons. The van der Waals surface area contributed by atoms with Crippen molar-refractivity contribution in [2.75, 3.05) is 34.4 Å². The molecule has 0 unspecified atom stereocenters. The summed E-state index contributed by atoms with van der Waals surface area (Å²) in [7, 11) is 5.54. The van der Waals surface area contributed by atoms with Crippen molar-refractivity contribution in [2.45, 2.75) is 6.92 Å². The Balaban J connectivity index is 2.24. The number of hydrogen-bond donors (Lipinski definition) is 1. The Hall–Kier alpha value is -2.12. The Labute approximate surface area is 139 Å². The predicted octanol–water partition coefficient (Wildman–Crippen LogP) is 2.77. The molecule has 1 heterocycles. The van der Waals surface area contributed by atoms with Gasteiger partial charge in [0.2, 0.25) is 0 Å². The highest BCUT2D eigenvalue weighted by molar-refractivity contribution is 7.17. The molecule has 1 aromatic carbocycles. The molecule has 124 valence electrons. The van der Waals surface area contributed by atoms with Gasteiger partial charge in [0.05, 0.1) is 12.8 Å². The van der Waals surface area contributed by atoms with Gasteiger partial charge in [-0.05, 0) is 39.2 Å². The zero-order chi connectivity index (χ0) is 17.0. The van der Waals surface area contributed by atoms with Gasteiger partial charge in [-0.15, -0.1) is 11.3 Å². The van der Waals surface area contributed by atoms with Crippen molar-refractivity contribution in [3.05, 3.63) is 28.8 Å². The van der Waals surface area contributed by atoms with Crippen LogP contribution in [-0.4, -0.2) is 55.3 Å². The van der Waals surface area contributed by atoms with Crippen LogP contribution in [0.1, 0.15) is 15.4 Å². The quantitative estimate of drug-likeness (QED) is 0.838. The molecule has 0 amide bonds. The molecule has 0 bridgehead atoms. The number of hydrogen-bond acceptors (Lipinski definition) is 6. The van der Waals surface area contributed by atoms with E-state index in [-0.39, 0.29) is 4.88 Å². The van der Waals surface area contributed by atoms with Gasteiger partial charge in [0.1, 0.15) is 16.5 Å². The van der Waals surface area contributed by atoms with Crippen molar-refractivity contribution >= 4 is 17.3 Å². The van der Waals surface area contributed by atoms with Gasteiger partial charge in [-0.3, -0.25) is 0 Å². The Morgan fingerprint density at radius 3 is 2.65 bits per heavy atom. The Kier molecular flexibility index (Phi) is 5.57. The number of methoxy groups -OCH3 is 1. The summed E-state index contributed by atoms with van der Waals surface area (Å²) in [6.45, 7) is 3.06. The topological polar surface area (TPSA) is 71.9 Å². The maximum Gasteiger partial charge on any atom is 0.347 e. The summed E-state index contributed by atoms with van der Waals surface area (Å²) in [4.78, 5) is 17.8. The van der Waals surface area contributed by atoms with E-state index in [1.54, 1.807) is 14.0 Å². The highest BCUT2D eigenvalue weighted by Crippen LogP contribution is 2.35. The molecular weight excluding hydrogens is 316 g/mol. The van der Waals surface area contributed by atoms with Crippen molar-refractivity contribution in [1.29, 1.82) is 0 Å². The van der Waals surface area contributed by atoms with E-state index in [2.05, 4.69) is 4.98 Å². The zero-order valence-corrected chi connectivity index (χ0v) is 14.4. The molecular formula is C16H20N2O4S. The molecule has 2 rings (SSSR count). The number of carboxylic acid groups (broad SMARTS) is 1. The van der Waals surface area contributed by atoms with Crippen molar-refractivity contribution in [3.8, 4) is 22.1 Å². The third-order valence-corrected chi connectivity index (χ3v) is 4.39. The second-order valence-corrected chi connectivity index (χ2v) is 6.26. The lowest BCUT2D eigenvalue weighted by Crippen LogP contribution is -2.19. The first-order valence-corrected chi connectivity index (χ1v) is 7.90. The maximum atomic E-state index is 11.1. The number of aryl methyl sites for hydroxylation is 1. The van der Waals surface area contributed by atoms with E-state index >= 15 is 0 Å². The molecule has 0 saturated carbocycles. The molecule has 7 heteroatoms. The Morgan fingerprint density at radius 1 is 1.35 bits per heavy atom. The number of carboxylic acids is 1. The van der Waals surface area contributed by atoms with Gasteiger partial charge in [0, 0.05) is 12.1 Å². The zero-order valence-electron chi connectivity index (χ0n) is 13.6. The van der Waals surface area contributed by atoms with E-state index in [1.807, 2.05) is 37.2 Å². The molecule has 23 heavy (non-hydrogen) atoms. The first-order chi connectivity index (χ1) is 10.9. The van der Waals surface area contributed by atoms with Crippen LogP contribution >= 0.6 is 11.3 Å². The van der Waals surface area contributed by atoms with Crippen LogP contribution in [-0.2, 0) is 0 Å². The van der Waals surface area contributed by atoms with Crippen LogP contribution in [0, 0.1) is 6.92 Å². The fourth-order valence-corrected chi connectivity index (χ4v) is 2.88. The number of aromatic nitrogens is 1. The minimum Gasteiger partial charge on any atom is -0.493 e. The second-order valence-electron chi connectivity index (χ2n) is 5.26. The molecule has 0 aliphatic heterocycles. The molecule has 0 spiro atoms. The first-order valence-electron chi connectivity index (χ1n) is 7.09. The van der Waals surface area contributed by atoms with Gasteiger partial charge >= 0.3 is 5.97 Å². The van der Waals surface area contributed by atoms with Crippen LogP contribution in [0.15, 0.2) is 18.2 Å². The maximum absolute atomic E-state index is 11.1. The normalized spacial score (nSPS) is 10.8. The van der Waals surface area contributed by atoms with Gasteiger partial charge < -0.3 is 19.5 Å². The molecule has 0 aliphatic carbocycles. The molecule has 1 N–H and O–H groups in total. The highest BCUT2D eigenvalue weighted by Gasteiger charge is 2.16. The Morgan fingerprint density at radius 2 is 2.09 bits per heavy atom. The lowest BCUT2D eigenvalue weighted by molar-refractivity contribution is 0.0701. The van der Waals surface area contributed by atoms with Gasteiger partial charge in [-0.2, -0.15) is 0 Å². The molecule has 0 aliphatic rings. The molecule has 0 saturated heterocycles. The van der Waals surface area contributed by atoms with Crippen LogP contribution < -0.4 is 9.47 Å². The van der Waals surface area contributed by atoms with E-state index < -0.39 is 5.97 Å². The summed E-state index contributed by atoms with van der Waals surface area (Å²) in [5, 5.41) is 9.79. The smallest absolute Gasteiger partial charge is 0.347 e. The number of likely N-dealkylation sites (N-methyl/N-ethyl adjacent to an activating group) is 1. The fourth-order valence-electron chi connectivity index (χ4n) is 1.98. The molecule has 6 nitrogen and oxygen atoms in total. The van der Waals surface area contributed by atoms with Crippen molar-refractivity contribution in [1.82, 2.24) is 9.88 Å². The Bertz CT molecular complexity index is 697. The number of thiazole rings is 1. The third kappa shape index (κ3) is 4.20. The van der Waals surface area contributed by atoms with Crippen molar-refractivity contribution in [2.24, 2.45) is 0 Å². The lowest BCUT2D eigenvalue weighted by Gasteiger charge is -2.14. The highest BCUT2D eigenvalue weighted by atomic mass is 32.1. The number of aromatic carboxylic acids is 1. The third-order valence-electron chi connectivity index (χ3n) is 3.20. The summed E-state index contributed by atoms with van der Waals surface area (Å²) in [6, 6.07) is 5.49. The molecule has 2 aromatic rings. The minimum absolute atomic E-state index is 0.255. The summed E-state index contributed by atoms with van der Waals surface area (Å²) < 4.78 is 11.1. The van der Waals surface area contributed by atoms with E-state index in [1.165, 1.54) is 0 Å². The van der Waals surface area contributed by atoms with Crippen molar-refractivity contribution < 1.29 is 19.4 Å². The average Bonchev–Trinajstić information content (AvgIpc) is 2.89. The molecule has 0 fully saturated rings. The summed E-state index contributed by atoms with van der Waals surface area (Å²) in [5.41, 5.74) is 1.32.